The molecule has 2 aromatic carbocycles. The number of rotatable bonds is 5. The van der Waals surface area contributed by atoms with Crippen LogP contribution in [0, 0.1) is 6.92 Å². The summed E-state index contributed by atoms with van der Waals surface area (Å²) in [5.41, 5.74) is 4.22. The average Bonchev–Trinajstić information content (AvgIpc) is 3.03. The van der Waals surface area contributed by atoms with Crippen molar-refractivity contribution in [2.24, 2.45) is 0 Å². The predicted octanol–water partition coefficient (Wildman–Crippen LogP) is 5.13. The van der Waals surface area contributed by atoms with Gasteiger partial charge in [-0.15, -0.1) is 11.3 Å². The van der Waals surface area contributed by atoms with Crippen LogP contribution in [0.1, 0.15) is 22.6 Å². The fraction of sp³-hybridized carbons (Fsp3) is 0.150. The Hall–Kier alpha value is -2.39. The molecule has 2 nitrogen and oxygen atoms in total. The molecule has 1 heterocycles. The van der Waals surface area contributed by atoms with E-state index >= 15 is 0 Å². The molecule has 1 aromatic heterocycles. The smallest absolute Gasteiger partial charge is 0.311 e. The Morgan fingerprint density at radius 1 is 1.04 bits per heavy atom. The number of thiophene rings is 1. The molecular formula is C20H18O2S. The van der Waals surface area contributed by atoms with Gasteiger partial charge in [0.15, 0.2) is 0 Å². The number of hydrogen-bond donors (Lipinski definition) is 1. The lowest BCUT2D eigenvalue weighted by atomic mass is 9.91. The lowest BCUT2D eigenvalue weighted by Gasteiger charge is -2.14. The molecule has 23 heavy (non-hydrogen) atoms. The molecule has 0 amide bonds. The first-order chi connectivity index (χ1) is 11.1. The van der Waals surface area contributed by atoms with Crippen molar-refractivity contribution < 1.29 is 9.90 Å². The highest BCUT2D eigenvalue weighted by Gasteiger charge is 2.24. The Bertz CT molecular complexity index is 788. The zero-order valence-electron chi connectivity index (χ0n) is 12.9. The van der Waals surface area contributed by atoms with Crippen LogP contribution in [0.3, 0.4) is 0 Å². The van der Waals surface area contributed by atoms with Crippen LogP contribution >= 0.6 is 11.3 Å². The van der Waals surface area contributed by atoms with Crippen LogP contribution < -0.4 is 0 Å². The molecule has 116 valence electrons. The second kappa shape index (κ2) is 6.80. The van der Waals surface area contributed by atoms with E-state index in [9.17, 15) is 9.90 Å². The number of benzene rings is 2. The van der Waals surface area contributed by atoms with E-state index in [1.165, 1.54) is 5.56 Å². The number of carbonyl (C=O) groups is 1. The predicted molar refractivity (Wildman–Crippen MR) is 95.0 cm³/mol. The minimum atomic E-state index is -0.777. The fourth-order valence-electron chi connectivity index (χ4n) is 2.71. The van der Waals surface area contributed by atoms with Gasteiger partial charge in [-0.05, 0) is 41.5 Å². The summed E-state index contributed by atoms with van der Waals surface area (Å²) in [5.74, 6) is -1.31. The Morgan fingerprint density at radius 3 is 2.39 bits per heavy atom. The van der Waals surface area contributed by atoms with Gasteiger partial charge in [-0.25, -0.2) is 0 Å². The minimum absolute atomic E-state index is 0.506. The first kappa shape index (κ1) is 15.5. The summed E-state index contributed by atoms with van der Waals surface area (Å²) in [4.78, 5) is 12.9. The van der Waals surface area contributed by atoms with Crippen molar-refractivity contribution in [2.45, 2.75) is 19.3 Å². The molecule has 3 rings (SSSR count). The van der Waals surface area contributed by atoms with Gasteiger partial charge in [-0.2, -0.15) is 0 Å². The Balaban J connectivity index is 1.97. The topological polar surface area (TPSA) is 37.3 Å². The molecule has 0 saturated carbocycles. The maximum absolute atomic E-state index is 11.8. The van der Waals surface area contributed by atoms with Crippen LogP contribution in [0.25, 0.3) is 10.4 Å². The third kappa shape index (κ3) is 3.51. The molecule has 0 aliphatic carbocycles. The monoisotopic (exact) mass is 322 g/mol. The van der Waals surface area contributed by atoms with Gasteiger partial charge in [0.2, 0.25) is 0 Å². The molecule has 0 radical (unpaired) electrons. The van der Waals surface area contributed by atoms with E-state index in [1.54, 1.807) is 11.3 Å². The van der Waals surface area contributed by atoms with E-state index in [0.29, 0.717) is 6.42 Å². The zero-order chi connectivity index (χ0) is 16.2. The summed E-state index contributed by atoms with van der Waals surface area (Å²) < 4.78 is 0. The largest absolute Gasteiger partial charge is 0.481 e. The van der Waals surface area contributed by atoms with Gasteiger partial charge in [-0.3, -0.25) is 4.79 Å². The number of carboxylic acids is 1. The van der Waals surface area contributed by atoms with Crippen LogP contribution in [-0.2, 0) is 11.2 Å². The molecule has 0 saturated heterocycles. The molecule has 0 aliphatic rings. The van der Waals surface area contributed by atoms with E-state index in [0.717, 1.165) is 21.6 Å². The van der Waals surface area contributed by atoms with Gasteiger partial charge >= 0.3 is 5.97 Å². The summed E-state index contributed by atoms with van der Waals surface area (Å²) >= 11 is 1.60. The summed E-state index contributed by atoms with van der Waals surface area (Å²) in [6.45, 7) is 2.05. The normalized spacial score (nSPS) is 12.0. The first-order valence-corrected chi connectivity index (χ1v) is 8.44. The van der Waals surface area contributed by atoms with Gasteiger partial charge in [0.25, 0.3) is 0 Å². The Morgan fingerprint density at radius 2 is 1.74 bits per heavy atom. The van der Waals surface area contributed by atoms with Gasteiger partial charge in [0.1, 0.15) is 0 Å². The molecule has 1 unspecified atom stereocenters. The molecule has 1 atom stereocenters. The Labute approximate surface area is 140 Å². The minimum Gasteiger partial charge on any atom is -0.481 e. The fourth-order valence-corrected chi connectivity index (χ4v) is 3.68. The zero-order valence-corrected chi connectivity index (χ0v) is 13.7. The van der Waals surface area contributed by atoms with E-state index in [-0.39, 0.29) is 0 Å². The third-order valence-electron chi connectivity index (χ3n) is 3.97. The molecule has 0 bridgehead atoms. The maximum atomic E-state index is 11.8. The van der Waals surface area contributed by atoms with Crippen molar-refractivity contribution in [3.05, 3.63) is 82.7 Å². The van der Waals surface area contributed by atoms with Crippen LogP contribution in [0.2, 0.25) is 0 Å². The molecule has 0 spiro atoms. The summed E-state index contributed by atoms with van der Waals surface area (Å²) in [6, 6.07) is 20.0. The molecular weight excluding hydrogens is 304 g/mol. The number of hydrogen-bond acceptors (Lipinski definition) is 2. The first-order valence-electron chi connectivity index (χ1n) is 7.56. The number of aliphatic carboxylic acids is 1. The van der Waals surface area contributed by atoms with E-state index in [2.05, 4.69) is 31.2 Å². The van der Waals surface area contributed by atoms with Crippen molar-refractivity contribution >= 4 is 17.3 Å². The Kier molecular flexibility index (Phi) is 4.58. The van der Waals surface area contributed by atoms with E-state index in [4.69, 9.17) is 0 Å². The molecule has 3 heteroatoms. The van der Waals surface area contributed by atoms with Crippen molar-refractivity contribution in [2.75, 3.05) is 0 Å². The van der Waals surface area contributed by atoms with Gasteiger partial charge in [-0.1, -0.05) is 60.2 Å². The van der Waals surface area contributed by atoms with Crippen molar-refractivity contribution in [1.82, 2.24) is 0 Å². The van der Waals surface area contributed by atoms with Gasteiger partial charge < -0.3 is 5.11 Å². The standard InChI is InChI=1S/C20H18O2S/c1-14-7-9-16(10-8-14)19-17(11-12-23-19)18(20(21)22)13-15-5-3-2-4-6-15/h2-12,18H,13H2,1H3,(H,21,22). The number of aryl methyl sites for hydroxylation is 1. The van der Waals surface area contributed by atoms with Crippen LogP contribution in [-0.4, -0.2) is 11.1 Å². The second-order valence-electron chi connectivity index (χ2n) is 5.65. The quantitative estimate of drug-likeness (QED) is 0.706. The van der Waals surface area contributed by atoms with Crippen LogP contribution in [0.4, 0.5) is 0 Å². The highest BCUT2D eigenvalue weighted by molar-refractivity contribution is 7.13. The van der Waals surface area contributed by atoms with Crippen LogP contribution in [0.15, 0.2) is 66.0 Å². The van der Waals surface area contributed by atoms with E-state index in [1.807, 2.05) is 41.8 Å². The lowest BCUT2D eigenvalue weighted by Crippen LogP contribution is -2.14. The second-order valence-corrected chi connectivity index (χ2v) is 6.57. The average molecular weight is 322 g/mol. The molecule has 0 fully saturated rings. The van der Waals surface area contributed by atoms with Crippen molar-refractivity contribution in [1.29, 1.82) is 0 Å². The lowest BCUT2D eigenvalue weighted by molar-refractivity contribution is -0.138. The third-order valence-corrected chi connectivity index (χ3v) is 4.94. The van der Waals surface area contributed by atoms with Crippen molar-refractivity contribution in [3.8, 4) is 10.4 Å². The van der Waals surface area contributed by atoms with Gasteiger partial charge in [0.05, 0.1) is 5.92 Å². The van der Waals surface area contributed by atoms with Crippen LogP contribution in [0.5, 0.6) is 0 Å². The highest BCUT2D eigenvalue weighted by atomic mass is 32.1. The highest BCUT2D eigenvalue weighted by Crippen LogP contribution is 2.36. The number of carboxylic acid groups (broad SMARTS) is 1. The van der Waals surface area contributed by atoms with E-state index < -0.39 is 11.9 Å². The summed E-state index contributed by atoms with van der Waals surface area (Å²) in [7, 11) is 0. The van der Waals surface area contributed by atoms with Gasteiger partial charge in [0, 0.05) is 4.88 Å². The molecule has 0 aliphatic heterocycles. The SMILES string of the molecule is Cc1ccc(-c2sccc2C(Cc2ccccc2)C(=O)O)cc1. The maximum Gasteiger partial charge on any atom is 0.311 e. The summed E-state index contributed by atoms with van der Waals surface area (Å²) in [6.07, 6.45) is 0.506. The molecule has 3 aromatic rings. The van der Waals surface area contributed by atoms with Crippen molar-refractivity contribution in [3.63, 3.8) is 0 Å². The molecule has 1 N–H and O–H groups in total. The summed E-state index contributed by atoms with van der Waals surface area (Å²) in [5, 5.41) is 11.7.